The fourth-order valence-electron chi connectivity index (χ4n) is 2.55. The topological polar surface area (TPSA) is 106 Å². The lowest BCUT2D eigenvalue weighted by atomic mass is 10.1. The Morgan fingerprint density at radius 3 is 2.81 bits per heavy atom. The molecule has 1 aromatic carbocycles. The van der Waals surface area contributed by atoms with Gasteiger partial charge in [0.05, 0.1) is 5.75 Å². The number of carbonyl (C=O) groups is 1. The summed E-state index contributed by atoms with van der Waals surface area (Å²) in [5, 5.41) is 0.721. The molecule has 0 bridgehead atoms. The maximum absolute atomic E-state index is 11.9. The van der Waals surface area contributed by atoms with Gasteiger partial charge in [0, 0.05) is 24.0 Å². The van der Waals surface area contributed by atoms with E-state index in [1.54, 1.807) is 18.2 Å². The highest BCUT2D eigenvalue weighted by atomic mass is 32.2. The van der Waals surface area contributed by atoms with Gasteiger partial charge in [0.25, 0.3) is 0 Å². The number of amides is 1. The molecule has 3 rings (SSSR count). The Hall–Kier alpha value is -1.90. The van der Waals surface area contributed by atoms with Crippen molar-refractivity contribution in [2.75, 3.05) is 12.3 Å². The fraction of sp³-hybridized carbons (Fsp3) is 0.308. The summed E-state index contributed by atoms with van der Waals surface area (Å²) in [5.41, 5.74) is 3.10. The second kappa shape index (κ2) is 5.14. The molecule has 1 aromatic heterocycles. The third-order valence-electron chi connectivity index (χ3n) is 3.57. The number of para-hydroxylation sites is 1. The molecule has 1 aliphatic rings. The van der Waals surface area contributed by atoms with Gasteiger partial charge in [0.2, 0.25) is 10.0 Å². The molecular weight excluding hydrogens is 294 g/mol. The van der Waals surface area contributed by atoms with E-state index in [9.17, 15) is 13.2 Å². The first kappa shape index (κ1) is 14.1. The van der Waals surface area contributed by atoms with Gasteiger partial charge in [-0.25, -0.2) is 14.3 Å². The Labute approximate surface area is 121 Å². The van der Waals surface area contributed by atoms with E-state index < -0.39 is 15.9 Å². The van der Waals surface area contributed by atoms with Crippen molar-refractivity contribution in [1.29, 1.82) is 0 Å². The van der Waals surface area contributed by atoms with E-state index >= 15 is 0 Å². The third kappa shape index (κ3) is 2.41. The van der Waals surface area contributed by atoms with Crippen molar-refractivity contribution in [3.8, 4) is 0 Å². The molecule has 2 aromatic rings. The van der Waals surface area contributed by atoms with Crippen molar-refractivity contribution >= 4 is 26.9 Å². The molecule has 1 saturated heterocycles. The van der Waals surface area contributed by atoms with Crippen LogP contribution >= 0.6 is 0 Å². The number of fused-ring (bicyclic) bond motifs is 1. The highest BCUT2D eigenvalue weighted by molar-refractivity contribution is 7.89. The summed E-state index contributed by atoms with van der Waals surface area (Å²) in [4.78, 5) is 11.8. The minimum Gasteiger partial charge on any atom is -0.451 e. The highest BCUT2D eigenvalue weighted by Gasteiger charge is 2.31. The fourth-order valence-corrected chi connectivity index (χ4v) is 4.04. The Kier molecular flexibility index (Phi) is 3.44. The maximum Gasteiger partial charge on any atom is 0.301 e. The average Bonchev–Trinajstić information content (AvgIpc) is 3.00. The lowest BCUT2D eigenvalue weighted by molar-refractivity contribution is 0.0926. The van der Waals surface area contributed by atoms with Crippen LogP contribution < -0.4 is 11.3 Å². The van der Waals surface area contributed by atoms with Gasteiger partial charge < -0.3 is 4.42 Å². The minimum atomic E-state index is -3.25. The number of rotatable bonds is 3. The molecule has 0 aliphatic carbocycles. The number of hydrogen-bond acceptors (Lipinski definition) is 5. The van der Waals surface area contributed by atoms with Crippen molar-refractivity contribution in [2.24, 2.45) is 5.84 Å². The Bertz CT molecular complexity index is 797. The van der Waals surface area contributed by atoms with Gasteiger partial charge in [-0.15, -0.1) is 0 Å². The SMILES string of the molecule is NNC(=O)c1oc2ccccc2c1CN1CCCS1(=O)=O. The lowest BCUT2D eigenvalue weighted by Crippen LogP contribution is -2.31. The molecule has 112 valence electrons. The molecule has 0 unspecified atom stereocenters. The molecule has 0 spiro atoms. The zero-order valence-electron chi connectivity index (χ0n) is 11.2. The summed E-state index contributed by atoms with van der Waals surface area (Å²) < 4.78 is 30.8. The van der Waals surface area contributed by atoms with E-state index in [-0.39, 0.29) is 18.1 Å². The van der Waals surface area contributed by atoms with E-state index in [1.165, 1.54) is 4.31 Å². The predicted molar refractivity (Wildman–Crippen MR) is 76.7 cm³/mol. The molecular formula is C13H15N3O4S. The van der Waals surface area contributed by atoms with E-state index in [0.29, 0.717) is 24.1 Å². The second-order valence-corrected chi connectivity index (χ2v) is 6.97. The van der Waals surface area contributed by atoms with Crippen LogP contribution in [0.25, 0.3) is 11.0 Å². The van der Waals surface area contributed by atoms with Crippen molar-refractivity contribution in [3.05, 3.63) is 35.6 Å². The first-order valence-electron chi connectivity index (χ1n) is 6.52. The standard InChI is InChI=1S/C13H15N3O4S/c14-15-13(17)12-10(8-16-6-3-7-21(16,18)19)9-4-1-2-5-11(9)20-12/h1-2,4-5H,3,6-8,14H2,(H,15,17). The Balaban J connectivity index is 2.09. The van der Waals surface area contributed by atoms with Gasteiger partial charge in [-0.05, 0) is 12.5 Å². The number of carbonyl (C=O) groups excluding carboxylic acids is 1. The zero-order valence-corrected chi connectivity index (χ0v) is 12.0. The predicted octanol–water partition coefficient (Wildman–Crippen LogP) is 0.572. The first-order chi connectivity index (χ1) is 10.0. The van der Waals surface area contributed by atoms with E-state index in [1.807, 2.05) is 11.5 Å². The van der Waals surface area contributed by atoms with Crippen LogP contribution in [-0.4, -0.2) is 30.9 Å². The number of furan rings is 1. The summed E-state index contributed by atoms with van der Waals surface area (Å²) in [6.45, 7) is 0.563. The molecule has 1 amide bonds. The number of benzene rings is 1. The van der Waals surface area contributed by atoms with Crippen LogP contribution in [-0.2, 0) is 16.6 Å². The molecule has 1 aliphatic heterocycles. The van der Waals surface area contributed by atoms with Crippen LogP contribution in [0.3, 0.4) is 0 Å². The number of sulfonamides is 1. The van der Waals surface area contributed by atoms with Crippen LogP contribution in [0.15, 0.2) is 28.7 Å². The number of hydrogen-bond donors (Lipinski definition) is 2. The first-order valence-corrected chi connectivity index (χ1v) is 8.13. The highest BCUT2D eigenvalue weighted by Crippen LogP contribution is 2.29. The maximum atomic E-state index is 11.9. The van der Waals surface area contributed by atoms with Crippen molar-refractivity contribution in [3.63, 3.8) is 0 Å². The Morgan fingerprint density at radius 1 is 1.38 bits per heavy atom. The summed E-state index contributed by atoms with van der Waals surface area (Å²) in [5.74, 6) is 4.79. The number of nitrogens with zero attached hydrogens (tertiary/aromatic N) is 1. The molecule has 0 atom stereocenters. The number of hydrazine groups is 1. The summed E-state index contributed by atoms with van der Waals surface area (Å²) >= 11 is 0. The van der Waals surface area contributed by atoms with Crippen LogP contribution in [0.5, 0.6) is 0 Å². The monoisotopic (exact) mass is 309 g/mol. The zero-order chi connectivity index (χ0) is 15.0. The number of nitrogen functional groups attached to an aromatic ring is 1. The smallest absolute Gasteiger partial charge is 0.301 e. The second-order valence-electron chi connectivity index (χ2n) is 4.88. The van der Waals surface area contributed by atoms with E-state index in [0.717, 1.165) is 5.39 Å². The van der Waals surface area contributed by atoms with Crippen molar-refractivity contribution in [1.82, 2.24) is 9.73 Å². The molecule has 3 N–H and O–H groups in total. The van der Waals surface area contributed by atoms with Crippen molar-refractivity contribution < 1.29 is 17.6 Å². The quantitative estimate of drug-likeness (QED) is 0.490. The van der Waals surface area contributed by atoms with Gasteiger partial charge in [-0.3, -0.25) is 10.2 Å². The van der Waals surface area contributed by atoms with Gasteiger partial charge in [0.15, 0.2) is 5.76 Å². The average molecular weight is 309 g/mol. The lowest BCUT2D eigenvalue weighted by Gasteiger charge is -2.14. The molecule has 2 heterocycles. The van der Waals surface area contributed by atoms with Gasteiger partial charge in [-0.1, -0.05) is 18.2 Å². The molecule has 7 nitrogen and oxygen atoms in total. The van der Waals surface area contributed by atoms with Crippen LogP contribution in [0.4, 0.5) is 0 Å². The molecule has 8 heteroatoms. The molecule has 21 heavy (non-hydrogen) atoms. The third-order valence-corrected chi connectivity index (χ3v) is 5.48. The van der Waals surface area contributed by atoms with E-state index in [4.69, 9.17) is 10.3 Å². The van der Waals surface area contributed by atoms with Crippen LogP contribution in [0.1, 0.15) is 22.5 Å². The summed E-state index contributed by atoms with van der Waals surface area (Å²) in [6, 6.07) is 7.12. The van der Waals surface area contributed by atoms with Crippen LogP contribution in [0.2, 0.25) is 0 Å². The summed E-state index contributed by atoms with van der Waals surface area (Å²) in [6.07, 6.45) is 0.594. The van der Waals surface area contributed by atoms with Gasteiger partial charge in [-0.2, -0.15) is 4.31 Å². The van der Waals surface area contributed by atoms with E-state index in [2.05, 4.69) is 0 Å². The van der Waals surface area contributed by atoms with Crippen LogP contribution in [0, 0.1) is 0 Å². The number of nitrogens with two attached hydrogens (primary N) is 1. The normalized spacial score (nSPS) is 18.1. The number of nitrogens with one attached hydrogen (secondary N) is 1. The summed E-state index contributed by atoms with van der Waals surface area (Å²) in [7, 11) is -3.25. The van der Waals surface area contributed by atoms with Gasteiger partial charge in [0.1, 0.15) is 5.58 Å². The van der Waals surface area contributed by atoms with Crippen molar-refractivity contribution in [2.45, 2.75) is 13.0 Å². The molecule has 1 fully saturated rings. The molecule has 0 radical (unpaired) electrons. The van der Waals surface area contributed by atoms with Gasteiger partial charge >= 0.3 is 5.91 Å². The largest absolute Gasteiger partial charge is 0.451 e. The minimum absolute atomic E-state index is 0.0563. The molecule has 0 saturated carbocycles. The Morgan fingerprint density at radius 2 is 2.14 bits per heavy atom.